The summed E-state index contributed by atoms with van der Waals surface area (Å²) in [4.78, 5) is 7.43. The molecule has 0 N–H and O–H groups in total. The highest BCUT2D eigenvalue weighted by Crippen LogP contribution is 2.83. The van der Waals surface area contributed by atoms with E-state index in [4.69, 9.17) is 3.63 Å². The van der Waals surface area contributed by atoms with Crippen molar-refractivity contribution >= 4 is 20.6 Å². The van der Waals surface area contributed by atoms with Gasteiger partial charge >= 0.3 is 0 Å². The summed E-state index contributed by atoms with van der Waals surface area (Å²) in [5, 5.41) is 0. The van der Waals surface area contributed by atoms with Crippen molar-refractivity contribution in [1.82, 2.24) is 0 Å². The third-order valence-electron chi connectivity index (χ3n) is 7.09. The van der Waals surface area contributed by atoms with E-state index in [-0.39, 0.29) is 0 Å². The van der Waals surface area contributed by atoms with Crippen LogP contribution in [0.5, 0.6) is 0 Å². The lowest BCUT2D eigenvalue weighted by Gasteiger charge is -2.52. The van der Waals surface area contributed by atoms with Crippen LogP contribution in [0, 0.1) is 0 Å². The van der Waals surface area contributed by atoms with Crippen LogP contribution in [0.25, 0.3) is 0 Å². The Morgan fingerprint density at radius 2 is 0.692 bits per heavy atom. The summed E-state index contributed by atoms with van der Waals surface area (Å²) >= 11 is 0. The summed E-state index contributed by atoms with van der Waals surface area (Å²) in [6, 6.07) is 43.7. The first kappa shape index (κ1) is 25.8. The molecule has 1 nitrogen and oxygen atoms in total. The van der Waals surface area contributed by atoms with Crippen LogP contribution in [0.1, 0.15) is 25.7 Å². The van der Waals surface area contributed by atoms with Crippen LogP contribution in [-0.2, 0) is 3.63 Å². The van der Waals surface area contributed by atoms with E-state index >= 15 is 0 Å². The normalized spacial score (nSPS) is 16.3. The molecule has 0 fully saturated rings. The molecule has 3 heteroatoms. The molecular formula is C36H34OS2. The molecule has 2 aliphatic carbocycles. The topological polar surface area (TPSA) is 9.23 Å². The van der Waals surface area contributed by atoms with Crippen LogP contribution in [0.15, 0.2) is 187 Å². The third-order valence-corrected chi connectivity index (χ3v) is 14.4. The Morgan fingerprint density at radius 1 is 0.385 bits per heavy atom. The number of hydrogen-bond donors (Lipinski definition) is 0. The highest BCUT2D eigenvalue weighted by Gasteiger charge is 2.44. The summed E-state index contributed by atoms with van der Waals surface area (Å²) < 4.78 is 8.18. The Hall–Kier alpha value is -3.50. The molecule has 0 saturated heterocycles. The maximum absolute atomic E-state index is 8.18. The monoisotopic (exact) mass is 546 g/mol. The van der Waals surface area contributed by atoms with Crippen molar-refractivity contribution in [2.24, 2.45) is 0 Å². The number of rotatable bonds is 8. The molecule has 0 aromatic heterocycles. The minimum Gasteiger partial charge on any atom is -0.264 e. The van der Waals surface area contributed by atoms with Gasteiger partial charge in [0.2, 0.25) is 0 Å². The first-order valence-electron chi connectivity index (χ1n) is 13.7. The van der Waals surface area contributed by atoms with Gasteiger partial charge in [0.15, 0.2) is 0 Å². The molecule has 6 rings (SSSR count). The van der Waals surface area contributed by atoms with Gasteiger partial charge in [0, 0.05) is 29.4 Å². The van der Waals surface area contributed by atoms with Crippen molar-refractivity contribution in [3.63, 3.8) is 0 Å². The fourth-order valence-electron chi connectivity index (χ4n) is 5.26. The first-order chi connectivity index (χ1) is 19.3. The van der Waals surface area contributed by atoms with Crippen molar-refractivity contribution in [3.8, 4) is 0 Å². The molecule has 4 aromatic carbocycles. The third kappa shape index (κ3) is 4.87. The average Bonchev–Trinajstić information content (AvgIpc) is 3.04. The summed E-state index contributed by atoms with van der Waals surface area (Å²) in [5.41, 5.74) is 0. The lowest BCUT2D eigenvalue weighted by molar-refractivity contribution is 0.688. The quantitative estimate of drug-likeness (QED) is 0.213. The van der Waals surface area contributed by atoms with Gasteiger partial charge in [-0.25, -0.2) is 0 Å². The van der Waals surface area contributed by atoms with E-state index in [0.717, 1.165) is 25.7 Å². The standard InChI is InChI=1S/C36H34OS2/c1-7-19-31(20-8-1)38(32-21-9-2-10-22-32,33-23-11-3-12-24-33)37-39(34-25-13-4-14-26-34,35-27-15-5-16-28-35)36-29-17-6-18-30-36/h1-2,4-5,7-11,13-17,19-30H,3,6,12,18H2. The lowest BCUT2D eigenvalue weighted by atomic mass is 10.2. The maximum atomic E-state index is 8.18. The van der Waals surface area contributed by atoms with Gasteiger partial charge in [-0.1, -0.05) is 109 Å². The second-order valence-electron chi connectivity index (χ2n) is 9.61. The van der Waals surface area contributed by atoms with Crippen molar-refractivity contribution < 1.29 is 3.63 Å². The summed E-state index contributed by atoms with van der Waals surface area (Å²) in [6.45, 7) is 0. The molecule has 0 unspecified atom stereocenters. The van der Waals surface area contributed by atoms with Gasteiger partial charge in [-0.3, -0.25) is 3.63 Å². The Morgan fingerprint density at radius 3 is 0.949 bits per heavy atom. The van der Waals surface area contributed by atoms with Crippen LogP contribution < -0.4 is 0 Å². The average molecular weight is 547 g/mol. The second-order valence-corrected chi connectivity index (χ2v) is 15.2. The van der Waals surface area contributed by atoms with Crippen LogP contribution in [0.3, 0.4) is 0 Å². The van der Waals surface area contributed by atoms with Crippen molar-refractivity contribution in [3.05, 3.63) is 168 Å². The minimum atomic E-state index is -2.12. The highest BCUT2D eigenvalue weighted by atomic mass is 32.3. The van der Waals surface area contributed by atoms with E-state index in [2.05, 4.69) is 158 Å². The van der Waals surface area contributed by atoms with E-state index in [1.807, 2.05) is 0 Å². The number of benzene rings is 4. The predicted molar refractivity (Wildman–Crippen MR) is 168 cm³/mol. The SMILES string of the molecule is C1=CC(S(OS(C2=CCCC=C2)(c2ccccc2)c2ccccc2)(c2ccccc2)c2ccccc2)=CCC1. The Labute approximate surface area is 236 Å². The van der Waals surface area contributed by atoms with Gasteiger partial charge in [-0.2, -0.15) is 0 Å². The van der Waals surface area contributed by atoms with Crippen LogP contribution in [0.2, 0.25) is 0 Å². The van der Waals surface area contributed by atoms with E-state index in [1.165, 1.54) is 29.4 Å². The summed E-state index contributed by atoms with van der Waals surface area (Å²) in [6.07, 6.45) is 18.3. The fourth-order valence-corrected chi connectivity index (χ4v) is 13.4. The minimum absolute atomic E-state index is 1.02. The van der Waals surface area contributed by atoms with Gasteiger partial charge in [-0.05, 0) is 94.8 Å². The molecule has 0 heterocycles. The molecule has 0 amide bonds. The van der Waals surface area contributed by atoms with E-state index in [1.54, 1.807) is 0 Å². The predicted octanol–water partition coefficient (Wildman–Crippen LogP) is 11.1. The molecule has 4 aromatic rings. The molecule has 0 spiro atoms. The summed E-state index contributed by atoms with van der Waals surface area (Å²) in [5.74, 6) is 0. The maximum Gasteiger partial charge on any atom is 0.0227 e. The molecule has 0 radical (unpaired) electrons. The molecular weight excluding hydrogens is 513 g/mol. The lowest BCUT2D eigenvalue weighted by Crippen LogP contribution is -2.16. The Bertz CT molecular complexity index is 1310. The molecule has 0 saturated carbocycles. The summed E-state index contributed by atoms with van der Waals surface area (Å²) in [7, 11) is -4.24. The van der Waals surface area contributed by atoms with Crippen molar-refractivity contribution in [1.29, 1.82) is 0 Å². The Balaban J connectivity index is 1.73. The Kier molecular flexibility index (Phi) is 7.74. The van der Waals surface area contributed by atoms with Crippen molar-refractivity contribution in [2.45, 2.75) is 45.3 Å². The highest BCUT2D eigenvalue weighted by molar-refractivity contribution is 8.45. The van der Waals surface area contributed by atoms with Crippen LogP contribution in [-0.4, -0.2) is 0 Å². The van der Waals surface area contributed by atoms with Gasteiger partial charge in [-0.15, -0.1) is 0 Å². The molecule has 2 aliphatic rings. The molecule has 196 valence electrons. The largest absolute Gasteiger partial charge is 0.264 e. The van der Waals surface area contributed by atoms with E-state index in [0.29, 0.717) is 0 Å². The molecule has 0 atom stereocenters. The van der Waals surface area contributed by atoms with E-state index in [9.17, 15) is 0 Å². The van der Waals surface area contributed by atoms with Gasteiger partial charge in [0.1, 0.15) is 0 Å². The molecule has 39 heavy (non-hydrogen) atoms. The zero-order valence-electron chi connectivity index (χ0n) is 22.1. The van der Waals surface area contributed by atoms with Crippen molar-refractivity contribution in [2.75, 3.05) is 0 Å². The molecule has 0 aliphatic heterocycles. The zero-order chi connectivity index (χ0) is 26.4. The number of allylic oxidation sites excluding steroid dienone is 6. The van der Waals surface area contributed by atoms with Crippen LogP contribution in [0.4, 0.5) is 0 Å². The smallest absolute Gasteiger partial charge is 0.0227 e. The zero-order valence-corrected chi connectivity index (χ0v) is 23.7. The number of hydrogen-bond acceptors (Lipinski definition) is 1. The van der Waals surface area contributed by atoms with Gasteiger partial charge in [0.25, 0.3) is 0 Å². The molecule has 0 bridgehead atoms. The second kappa shape index (κ2) is 11.7. The first-order valence-corrected chi connectivity index (χ1v) is 16.8. The van der Waals surface area contributed by atoms with Gasteiger partial charge in [0.05, 0.1) is 0 Å². The van der Waals surface area contributed by atoms with Gasteiger partial charge < -0.3 is 0 Å². The van der Waals surface area contributed by atoms with E-state index < -0.39 is 20.6 Å². The fraction of sp³-hybridized carbons (Fsp3) is 0.111. The van der Waals surface area contributed by atoms with Crippen LogP contribution >= 0.6 is 20.6 Å².